The van der Waals surface area contributed by atoms with Crippen LogP contribution in [-0.2, 0) is 0 Å². The molecular weight excluding hydrogens is 288 g/mol. The van der Waals surface area contributed by atoms with Gasteiger partial charge in [-0.25, -0.2) is 0 Å². The van der Waals surface area contributed by atoms with Crippen LogP contribution in [0.4, 0.5) is 0 Å². The summed E-state index contributed by atoms with van der Waals surface area (Å²) in [6.45, 7) is 4.29. The molecule has 24 heavy (non-hydrogen) atoms. The summed E-state index contributed by atoms with van der Waals surface area (Å²) in [6.07, 6.45) is 0. The first kappa shape index (κ1) is 14.5. The highest BCUT2D eigenvalue weighted by Gasteiger charge is 2.09. The number of rotatable bonds is 0. The Bertz CT molecular complexity index is 1050. The van der Waals surface area contributed by atoms with E-state index in [1.54, 1.807) is 0 Å². The molecule has 0 atom stereocenters. The molecule has 0 heteroatoms. The van der Waals surface area contributed by atoms with Gasteiger partial charge in [0.25, 0.3) is 0 Å². The maximum absolute atomic E-state index is 3.44. The minimum atomic E-state index is 1.05. The van der Waals surface area contributed by atoms with Crippen LogP contribution < -0.4 is 0 Å². The van der Waals surface area contributed by atoms with Crippen molar-refractivity contribution >= 4 is 21.5 Å². The van der Waals surface area contributed by atoms with Gasteiger partial charge in [-0.3, -0.25) is 0 Å². The Morgan fingerprint density at radius 3 is 1.58 bits per heavy atom. The Kier molecular flexibility index (Phi) is 3.56. The number of hydrogen-bond donors (Lipinski definition) is 0. The summed E-state index contributed by atoms with van der Waals surface area (Å²) in [5.41, 5.74) is 4.75. The average Bonchev–Trinajstić information content (AvgIpc) is 2.63. The van der Waals surface area contributed by atoms with E-state index in [2.05, 4.69) is 98.5 Å². The smallest absolute Gasteiger partial charge is 0.0406 e. The van der Waals surface area contributed by atoms with Gasteiger partial charge in [0.05, 0.1) is 0 Å². The van der Waals surface area contributed by atoms with Gasteiger partial charge >= 0.3 is 0 Å². The molecule has 0 saturated carbocycles. The van der Waals surface area contributed by atoms with E-state index < -0.39 is 0 Å². The first-order valence-electron chi connectivity index (χ1n) is 8.23. The van der Waals surface area contributed by atoms with E-state index in [9.17, 15) is 0 Å². The van der Waals surface area contributed by atoms with E-state index in [0.29, 0.717) is 0 Å². The monoisotopic (exact) mass is 306 g/mol. The van der Waals surface area contributed by atoms with Crippen molar-refractivity contribution in [3.63, 3.8) is 0 Å². The molecule has 0 bridgehead atoms. The predicted molar refractivity (Wildman–Crippen MR) is 103 cm³/mol. The fourth-order valence-electron chi connectivity index (χ4n) is 3.25. The van der Waals surface area contributed by atoms with Crippen LogP contribution in [0.3, 0.4) is 0 Å². The van der Waals surface area contributed by atoms with Crippen LogP contribution in [0.2, 0.25) is 0 Å². The van der Waals surface area contributed by atoms with E-state index in [-0.39, 0.29) is 0 Å². The summed E-state index contributed by atoms with van der Waals surface area (Å²) in [5, 5.41) is 5.02. The molecular formula is C24H18. The molecule has 0 spiro atoms. The zero-order chi connectivity index (χ0) is 16.5. The van der Waals surface area contributed by atoms with Gasteiger partial charge in [0, 0.05) is 11.1 Å². The zero-order valence-corrected chi connectivity index (χ0v) is 13.9. The maximum atomic E-state index is 3.44. The van der Waals surface area contributed by atoms with Crippen LogP contribution in [-0.4, -0.2) is 0 Å². The summed E-state index contributed by atoms with van der Waals surface area (Å²) in [6, 6.07) is 25.5. The molecule has 0 amide bonds. The van der Waals surface area contributed by atoms with Crippen molar-refractivity contribution in [3.8, 4) is 11.8 Å². The van der Waals surface area contributed by atoms with Crippen LogP contribution >= 0.6 is 0 Å². The quantitative estimate of drug-likeness (QED) is 0.276. The van der Waals surface area contributed by atoms with Crippen molar-refractivity contribution < 1.29 is 0 Å². The molecule has 114 valence electrons. The van der Waals surface area contributed by atoms with Gasteiger partial charge in [0.2, 0.25) is 0 Å². The summed E-state index contributed by atoms with van der Waals surface area (Å²) in [7, 11) is 0. The van der Waals surface area contributed by atoms with Crippen LogP contribution in [0.15, 0.2) is 72.8 Å². The predicted octanol–water partition coefficient (Wildman–Crippen LogP) is 6.01. The zero-order valence-electron chi connectivity index (χ0n) is 13.9. The Morgan fingerprint density at radius 1 is 0.542 bits per heavy atom. The Hall–Kier alpha value is -3.04. The first-order chi connectivity index (χ1) is 11.7. The van der Waals surface area contributed by atoms with Crippen molar-refractivity contribution in [3.05, 3.63) is 95.1 Å². The molecule has 0 aromatic heterocycles. The third-order valence-corrected chi connectivity index (χ3v) is 4.58. The van der Waals surface area contributed by atoms with Crippen LogP contribution in [0.1, 0.15) is 22.3 Å². The SMILES string of the molecule is Cc1ccc(C#Cc2c3ccccc3c(C)c3ccccc23)cc1. The third-order valence-electron chi connectivity index (χ3n) is 4.58. The lowest BCUT2D eigenvalue weighted by molar-refractivity contribution is 1.46. The largest absolute Gasteiger partial charge is 0.0616 e. The minimum Gasteiger partial charge on any atom is -0.0616 e. The molecule has 0 aliphatic rings. The molecule has 0 nitrogen and oxygen atoms in total. The number of benzene rings is 4. The van der Waals surface area contributed by atoms with Gasteiger partial charge in [-0.2, -0.15) is 0 Å². The number of aryl methyl sites for hydroxylation is 2. The second kappa shape index (κ2) is 5.87. The van der Waals surface area contributed by atoms with E-state index in [1.807, 2.05) is 0 Å². The highest BCUT2D eigenvalue weighted by molar-refractivity contribution is 6.07. The van der Waals surface area contributed by atoms with Gasteiger partial charge in [-0.1, -0.05) is 78.1 Å². The van der Waals surface area contributed by atoms with E-state index >= 15 is 0 Å². The van der Waals surface area contributed by atoms with Gasteiger partial charge in [0.15, 0.2) is 0 Å². The molecule has 4 aromatic carbocycles. The van der Waals surface area contributed by atoms with Crippen LogP contribution in [0.5, 0.6) is 0 Å². The lowest BCUT2D eigenvalue weighted by Crippen LogP contribution is -1.89. The molecule has 0 radical (unpaired) electrons. The van der Waals surface area contributed by atoms with Crippen LogP contribution in [0, 0.1) is 25.7 Å². The normalized spacial score (nSPS) is 10.6. The van der Waals surface area contributed by atoms with E-state index in [0.717, 1.165) is 11.1 Å². The van der Waals surface area contributed by atoms with Gasteiger partial charge in [-0.05, 0) is 53.1 Å². The van der Waals surface area contributed by atoms with E-state index in [1.165, 1.54) is 32.7 Å². The summed E-state index contributed by atoms with van der Waals surface area (Å²) in [5.74, 6) is 6.79. The second-order valence-electron chi connectivity index (χ2n) is 6.21. The summed E-state index contributed by atoms with van der Waals surface area (Å²) < 4.78 is 0. The topological polar surface area (TPSA) is 0 Å². The molecule has 0 aliphatic carbocycles. The Labute approximate surface area is 142 Å². The van der Waals surface area contributed by atoms with Gasteiger partial charge in [0.1, 0.15) is 0 Å². The molecule has 4 rings (SSSR count). The Balaban J connectivity index is 2.03. The van der Waals surface area contributed by atoms with Crippen LogP contribution in [0.25, 0.3) is 21.5 Å². The lowest BCUT2D eigenvalue weighted by atomic mass is 9.92. The fraction of sp³-hybridized carbons (Fsp3) is 0.0833. The van der Waals surface area contributed by atoms with Gasteiger partial charge in [-0.15, -0.1) is 0 Å². The number of hydrogen-bond acceptors (Lipinski definition) is 0. The lowest BCUT2D eigenvalue weighted by Gasteiger charge is -2.10. The standard InChI is InChI=1S/C24H18/c1-17-11-13-19(14-12-17)15-16-24-22-9-5-3-7-20(22)18(2)21-8-4-6-10-23(21)24/h3-14H,1-2H3. The molecule has 0 unspecified atom stereocenters. The average molecular weight is 306 g/mol. The highest BCUT2D eigenvalue weighted by atomic mass is 14.1. The van der Waals surface area contributed by atoms with Crippen molar-refractivity contribution in [2.75, 3.05) is 0 Å². The van der Waals surface area contributed by atoms with Crippen molar-refractivity contribution in [2.24, 2.45) is 0 Å². The molecule has 0 fully saturated rings. The molecule has 4 aromatic rings. The minimum absolute atomic E-state index is 1.05. The summed E-state index contributed by atoms with van der Waals surface area (Å²) >= 11 is 0. The molecule has 0 aliphatic heterocycles. The van der Waals surface area contributed by atoms with Crippen molar-refractivity contribution in [1.29, 1.82) is 0 Å². The van der Waals surface area contributed by atoms with E-state index in [4.69, 9.17) is 0 Å². The third kappa shape index (κ3) is 2.45. The van der Waals surface area contributed by atoms with Crippen molar-refractivity contribution in [2.45, 2.75) is 13.8 Å². The van der Waals surface area contributed by atoms with Crippen molar-refractivity contribution in [1.82, 2.24) is 0 Å². The second-order valence-corrected chi connectivity index (χ2v) is 6.21. The Morgan fingerprint density at radius 2 is 1.04 bits per heavy atom. The molecule has 0 saturated heterocycles. The molecule has 0 N–H and O–H groups in total. The summed E-state index contributed by atoms with van der Waals surface area (Å²) in [4.78, 5) is 0. The van der Waals surface area contributed by atoms with Gasteiger partial charge < -0.3 is 0 Å². The molecule has 0 heterocycles. The first-order valence-corrected chi connectivity index (χ1v) is 8.23. The fourth-order valence-corrected chi connectivity index (χ4v) is 3.25. The maximum Gasteiger partial charge on any atom is 0.0406 e. The number of fused-ring (bicyclic) bond motifs is 2. The highest BCUT2D eigenvalue weighted by Crippen LogP contribution is 2.31.